The van der Waals surface area contributed by atoms with E-state index in [-0.39, 0.29) is 12.1 Å². The highest BCUT2D eigenvalue weighted by Gasteiger charge is 2.11. The Morgan fingerprint density at radius 3 is 2.79 bits per heavy atom. The second-order valence-electron chi connectivity index (χ2n) is 5.24. The van der Waals surface area contributed by atoms with Gasteiger partial charge in [0.2, 0.25) is 0 Å². The fourth-order valence-electron chi connectivity index (χ4n) is 2.44. The second-order valence-corrected chi connectivity index (χ2v) is 5.24. The van der Waals surface area contributed by atoms with Crippen molar-refractivity contribution in [3.05, 3.63) is 36.0 Å². The summed E-state index contributed by atoms with van der Waals surface area (Å²) in [4.78, 5) is 0. The van der Waals surface area contributed by atoms with E-state index in [9.17, 15) is 0 Å². The Bertz CT molecular complexity index is 533. The molecule has 2 unspecified atom stereocenters. The van der Waals surface area contributed by atoms with Crippen LogP contribution >= 0.6 is 0 Å². The third kappa shape index (κ3) is 3.17. The van der Waals surface area contributed by atoms with Crippen molar-refractivity contribution in [3.63, 3.8) is 0 Å². The average Bonchev–Trinajstić information content (AvgIpc) is 2.82. The number of nitrogens with two attached hydrogens (primary N) is 1. The van der Waals surface area contributed by atoms with Gasteiger partial charge in [-0.3, -0.25) is 0 Å². The molecule has 3 heteroatoms. The summed E-state index contributed by atoms with van der Waals surface area (Å²) in [5.74, 6) is 0. The monoisotopic (exact) mass is 260 g/mol. The van der Waals surface area contributed by atoms with Gasteiger partial charge in [0.1, 0.15) is 0 Å². The predicted octanol–water partition coefficient (Wildman–Crippen LogP) is 2.96. The molecular formula is C16H24N2O. The van der Waals surface area contributed by atoms with Gasteiger partial charge in [-0.15, -0.1) is 0 Å². The first-order chi connectivity index (χ1) is 9.15. The Kier molecular flexibility index (Phi) is 4.61. The van der Waals surface area contributed by atoms with Crippen molar-refractivity contribution in [2.24, 2.45) is 5.73 Å². The zero-order valence-electron chi connectivity index (χ0n) is 12.1. The Hall–Kier alpha value is -1.32. The number of ether oxygens (including phenoxy) is 1. The van der Waals surface area contributed by atoms with Gasteiger partial charge >= 0.3 is 0 Å². The SMILES string of the molecule is CCC(N)Cc1cccc2ccn(CC(C)OC)c12. The zero-order valence-corrected chi connectivity index (χ0v) is 12.1. The molecule has 0 aliphatic rings. The van der Waals surface area contributed by atoms with Crippen molar-refractivity contribution in [1.82, 2.24) is 4.57 Å². The molecule has 0 bridgehead atoms. The molecule has 104 valence electrons. The maximum atomic E-state index is 6.11. The molecule has 0 amide bonds. The van der Waals surface area contributed by atoms with Gasteiger partial charge in [0.05, 0.1) is 11.6 Å². The lowest BCUT2D eigenvalue weighted by atomic mass is 10.0. The van der Waals surface area contributed by atoms with E-state index in [0.717, 1.165) is 19.4 Å². The van der Waals surface area contributed by atoms with E-state index in [1.165, 1.54) is 16.5 Å². The van der Waals surface area contributed by atoms with E-state index < -0.39 is 0 Å². The van der Waals surface area contributed by atoms with Crippen LogP contribution in [0.4, 0.5) is 0 Å². The summed E-state index contributed by atoms with van der Waals surface area (Å²) in [6.45, 7) is 5.10. The third-order valence-corrected chi connectivity index (χ3v) is 3.73. The highest BCUT2D eigenvalue weighted by atomic mass is 16.5. The fraction of sp³-hybridized carbons (Fsp3) is 0.500. The first-order valence-electron chi connectivity index (χ1n) is 7.00. The highest BCUT2D eigenvalue weighted by molar-refractivity contribution is 5.83. The number of hydrogen-bond acceptors (Lipinski definition) is 2. The topological polar surface area (TPSA) is 40.2 Å². The van der Waals surface area contributed by atoms with E-state index in [1.807, 2.05) is 0 Å². The van der Waals surface area contributed by atoms with Crippen LogP contribution in [-0.2, 0) is 17.7 Å². The highest BCUT2D eigenvalue weighted by Crippen LogP contribution is 2.22. The van der Waals surface area contributed by atoms with E-state index >= 15 is 0 Å². The summed E-state index contributed by atoms with van der Waals surface area (Å²) in [6.07, 6.45) is 4.29. The van der Waals surface area contributed by atoms with Crippen molar-refractivity contribution >= 4 is 10.9 Å². The molecule has 0 saturated carbocycles. The van der Waals surface area contributed by atoms with Crippen LogP contribution in [-0.4, -0.2) is 23.8 Å². The summed E-state index contributed by atoms with van der Waals surface area (Å²) in [7, 11) is 1.75. The number of nitrogens with zero attached hydrogens (tertiary/aromatic N) is 1. The molecule has 3 nitrogen and oxygen atoms in total. The van der Waals surface area contributed by atoms with Crippen LogP contribution in [0.15, 0.2) is 30.5 Å². The zero-order chi connectivity index (χ0) is 13.8. The third-order valence-electron chi connectivity index (χ3n) is 3.73. The number of rotatable bonds is 6. The maximum Gasteiger partial charge on any atom is 0.0722 e. The van der Waals surface area contributed by atoms with Gasteiger partial charge in [0.25, 0.3) is 0 Å². The Labute approximate surface area is 115 Å². The number of benzene rings is 1. The molecule has 19 heavy (non-hydrogen) atoms. The van der Waals surface area contributed by atoms with Crippen molar-refractivity contribution in [3.8, 4) is 0 Å². The van der Waals surface area contributed by atoms with E-state index in [4.69, 9.17) is 10.5 Å². The Morgan fingerprint density at radius 1 is 1.32 bits per heavy atom. The molecule has 0 fully saturated rings. The molecule has 0 radical (unpaired) electrons. The van der Waals surface area contributed by atoms with E-state index in [0.29, 0.717) is 0 Å². The van der Waals surface area contributed by atoms with E-state index in [1.54, 1.807) is 7.11 Å². The molecule has 1 aromatic heterocycles. The van der Waals surface area contributed by atoms with Crippen LogP contribution in [0.2, 0.25) is 0 Å². The van der Waals surface area contributed by atoms with Gasteiger partial charge in [-0.1, -0.05) is 25.1 Å². The van der Waals surface area contributed by atoms with Gasteiger partial charge in [0.15, 0.2) is 0 Å². The van der Waals surface area contributed by atoms with Gasteiger partial charge in [0, 0.05) is 25.9 Å². The van der Waals surface area contributed by atoms with Crippen LogP contribution in [0.3, 0.4) is 0 Å². The number of para-hydroxylation sites is 1. The lowest BCUT2D eigenvalue weighted by Gasteiger charge is -2.15. The fourth-order valence-corrected chi connectivity index (χ4v) is 2.44. The van der Waals surface area contributed by atoms with Gasteiger partial charge < -0.3 is 15.0 Å². The van der Waals surface area contributed by atoms with Crippen LogP contribution in [0.25, 0.3) is 10.9 Å². The normalized spacial score (nSPS) is 14.7. The van der Waals surface area contributed by atoms with Gasteiger partial charge in [-0.2, -0.15) is 0 Å². The molecule has 0 aliphatic carbocycles. The minimum absolute atomic E-state index is 0.212. The number of hydrogen-bond donors (Lipinski definition) is 1. The smallest absolute Gasteiger partial charge is 0.0722 e. The summed E-state index contributed by atoms with van der Waals surface area (Å²) in [5, 5.41) is 1.28. The summed E-state index contributed by atoms with van der Waals surface area (Å²) < 4.78 is 7.65. The molecule has 0 aliphatic heterocycles. The Morgan fingerprint density at radius 2 is 2.11 bits per heavy atom. The molecule has 2 rings (SSSR count). The molecule has 2 aromatic rings. The van der Waals surface area contributed by atoms with Crippen LogP contribution in [0.5, 0.6) is 0 Å². The maximum absolute atomic E-state index is 6.11. The summed E-state index contributed by atoms with van der Waals surface area (Å²) in [5.41, 5.74) is 8.74. The molecule has 2 atom stereocenters. The standard InChI is InChI=1S/C16H24N2O/c1-4-15(17)10-14-7-5-6-13-8-9-18(16(13)14)11-12(2)19-3/h5-9,12,15H,4,10-11,17H2,1-3H3. The van der Waals surface area contributed by atoms with Crippen LogP contribution in [0.1, 0.15) is 25.8 Å². The van der Waals surface area contributed by atoms with Crippen LogP contribution in [0, 0.1) is 0 Å². The minimum atomic E-state index is 0.212. The quantitative estimate of drug-likeness (QED) is 0.867. The number of fused-ring (bicyclic) bond motifs is 1. The molecule has 1 aromatic carbocycles. The number of aromatic nitrogens is 1. The first-order valence-corrected chi connectivity index (χ1v) is 7.00. The largest absolute Gasteiger partial charge is 0.380 e. The summed E-state index contributed by atoms with van der Waals surface area (Å²) >= 11 is 0. The summed E-state index contributed by atoms with van der Waals surface area (Å²) in [6, 6.07) is 8.85. The van der Waals surface area contributed by atoms with E-state index in [2.05, 4.69) is 48.9 Å². The lowest BCUT2D eigenvalue weighted by molar-refractivity contribution is 0.104. The van der Waals surface area contributed by atoms with Crippen LogP contribution < -0.4 is 5.73 Å². The van der Waals surface area contributed by atoms with Crippen molar-refractivity contribution in [2.45, 2.75) is 45.4 Å². The first kappa shape index (κ1) is 14.1. The predicted molar refractivity (Wildman–Crippen MR) is 80.4 cm³/mol. The molecule has 1 heterocycles. The molecule has 0 spiro atoms. The van der Waals surface area contributed by atoms with Gasteiger partial charge in [-0.25, -0.2) is 0 Å². The molecular weight excluding hydrogens is 236 g/mol. The van der Waals surface area contributed by atoms with Crippen molar-refractivity contribution < 1.29 is 4.74 Å². The molecule has 0 saturated heterocycles. The Balaban J connectivity index is 2.37. The van der Waals surface area contributed by atoms with Crippen molar-refractivity contribution in [1.29, 1.82) is 0 Å². The lowest BCUT2D eigenvalue weighted by Crippen LogP contribution is -2.22. The van der Waals surface area contributed by atoms with Crippen molar-refractivity contribution in [2.75, 3.05) is 7.11 Å². The second kappa shape index (κ2) is 6.22. The average molecular weight is 260 g/mol. The minimum Gasteiger partial charge on any atom is -0.380 e. The molecule has 2 N–H and O–H groups in total. The number of methoxy groups -OCH3 is 1. The van der Waals surface area contributed by atoms with Gasteiger partial charge in [-0.05, 0) is 36.8 Å².